The molecule has 1 rings (SSSR count). The van der Waals surface area contributed by atoms with Gasteiger partial charge in [-0.05, 0) is 45.8 Å². The van der Waals surface area contributed by atoms with E-state index in [9.17, 15) is 0 Å². The van der Waals surface area contributed by atoms with Gasteiger partial charge < -0.3 is 10.2 Å². The zero-order chi connectivity index (χ0) is 15.1. The maximum Gasteiger partial charge on any atom is 0.0625 e. The van der Waals surface area contributed by atoms with E-state index in [2.05, 4.69) is 67.9 Å². The largest absolute Gasteiger partial charge is 0.308 e. The van der Waals surface area contributed by atoms with Gasteiger partial charge in [-0.3, -0.25) is 4.68 Å². The number of nitrogens with zero attached hydrogens (tertiary/aromatic N) is 3. The summed E-state index contributed by atoms with van der Waals surface area (Å²) in [6.07, 6.45) is 2.21. The first kappa shape index (κ1) is 17.2. The lowest BCUT2D eigenvalue weighted by Crippen LogP contribution is -2.39. The monoisotopic (exact) mass is 280 g/mol. The molecule has 20 heavy (non-hydrogen) atoms. The van der Waals surface area contributed by atoms with Crippen LogP contribution in [-0.4, -0.2) is 41.4 Å². The van der Waals surface area contributed by atoms with Gasteiger partial charge in [0, 0.05) is 25.7 Å². The van der Waals surface area contributed by atoms with Gasteiger partial charge in [-0.15, -0.1) is 0 Å². The maximum atomic E-state index is 4.61. The van der Waals surface area contributed by atoms with Gasteiger partial charge >= 0.3 is 0 Å². The Morgan fingerprint density at radius 2 is 2.00 bits per heavy atom. The average molecular weight is 280 g/mol. The third kappa shape index (κ3) is 5.63. The number of aryl methyl sites for hydroxylation is 2. The van der Waals surface area contributed by atoms with Crippen molar-refractivity contribution < 1.29 is 0 Å². The van der Waals surface area contributed by atoms with Crippen LogP contribution in [0.5, 0.6) is 0 Å². The molecule has 1 unspecified atom stereocenters. The van der Waals surface area contributed by atoms with Crippen molar-refractivity contribution in [3.63, 3.8) is 0 Å². The lowest BCUT2D eigenvalue weighted by atomic mass is 10.0. The summed E-state index contributed by atoms with van der Waals surface area (Å²) in [7, 11) is 4.28. The van der Waals surface area contributed by atoms with Crippen molar-refractivity contribution in [1.29, 1.82) is 0 Å². The Morgan fingerprint density at radius 1 is 1.30 bits per heavy atom. The summed E-state index contributed by atoms with van der Waals surface area (Å²) in [4.78, 5) is 2.26. The first-order valence-corrected chi connectivity index (χ1v) is 7.89. The highest BCUT2D eigenvalue weighted by molar-refractivity contribution is 5.10. The van der Waals surface area contributed by atoms with Crippen molar-refractivity contribution in [1.82, 2.24) is 20.0 Å². The van der Waals surface area contributed by atoms with Gasteiger partial charge in [0.25, 0.3) is 0 Å². The van der Waals surface area contributed by atoms with Crippen molar-refractivity contribution in [3.05, 3.63) is 17.5 Å². The third-order valence-corrected chi connectivity index (χ3v) is 3.49. The highest BCUT2D eigenvalue weighted by Crippen LogP contribution is 2.09. The molecule has 0 aromatic carbocycles. The van der Waals surface area contributed by atoms with E-state index in [4.69, 9.17) is 0 Å². The van der Waals surface area contributed by atoms with E-state index < -0.39 is 0 Å². The molecule has 0 amide bonds. The van der Waals surface area contributed by atoms with Crippen LogP contribution in [0.1, 0.15) is 45.5 Å². The minimum absolute atomic E-state index is 0.537. The second kappa shape index (κ2) is 8.42. The molecule has 0 spiro atoms. The van der Waals surface area contributed by atoms with Crippen LogP contribution in [0.4, 0.5) is 0 Å². The highest BCUT2D eigenvalue weighted by atomic mass is 15.3. The van der Waals surface area contributed by atoms with Crippen LogP contribution in [0.15, 0.2) is 6.07 Å². The normalized spacial score (nSPS) is 13.4. The summed E-state index contributed by atoms with van der Waals surface area (Å²) >= 11 is 0. The molecule has 0 saturated heterocycles. The number of nitrogens with one attached hydrogen (secondary N) is 1. The molecular weight excluding hydrogens is 248 g/mol. The first-order valence-electron chi connectivity index (χ1n) is 7.89. The second-order valence-corrected chi connectivity index (χ2v) is 6.27. The van der Waals surface area contributed by atoms with Crippen LogP contribution in [-0.2, 0) is 19.5 Å². The van der Waals surface area contributed by atoms with Crippen LogP contribution in [0.2, 0.25) is 0 Å². The van der Waals surface area contributed by atoms with Gasteiger partial charge in [-0.25, -0.2) is 0 Å². The van der Waals surface area contributed by atoms with E-state index >= 15 is 0 Å². The molecule has 0 radical (unpaired) electrons. The molecule has 116 valence electrons. The van der Waals surface area contributed by atoms with Crippen LogP contribution in [0, 0.1) is 5.92 Å². The predicted molar refractivity (Wildman–Crippen MR) is 85.9 cm³/mol. The van der Waals surface area contributed by atoms with Crippen LogP contribution in [0.25, 0.3) is 0 Å². The summed E-state index contributed by atoms with van der Waals surface area (Å²) < 4.78 is 2.12. The smallest absolute Gasteiger partial charge is 0.0625 e. The van der Waals surface area contributed by atoms with Gasteiger partial charge in [0.05, 0.1) is 11.4 Å². The van der Waals surface area contributed by atoms with E-state index in [-0.39, 0.29) is 0 Å². The predicted octanol–water partition coefficient (Wildman–Crippen LogP) is 2.53. The van der Waals surface area contributed by atoms with E-state index in [1.54, 1.807) is 0 Å². The van der Waals surface area contributed by atoms with Gasteiger partial charge in [0.1, 0.15) is 0 Å². The topological polar surface area (TPSA) is 33.1 Å². The Morgan fingerprint density at radius 3 is 2.50 bits per heavy atom. The van der Waals surface area contributed by atoms with Crippen LogP contribution >= 0.6 is 0 Å². The van der Waals surface area contributed by atoms with Crippen molar-refractivity contribution in [2.45, 2.75) is 59.7 Å². The van der Waals surface area contributed by atoms with Gasteiger partial charge in [-0.2, -0.15) is 5.10 Å². The highest BCUT2D eigenvalue weighted by Gasteiger charge is 2.13. The molecule has 0 bridgehead atoms. The molecule has 1 aromatic heterocycles. The average Bonchev–Trinajstić information content (AvgIpc) is 2.77. The summed E-state index contributed by atoms with van der Waals surface area (Å²) in [5.74, 6) is 0.717. The molecule has 4 nitrogen and oxygen atoms in total. The first-order chi connectivity index (χ1) is 9.46. The maximum absolute atomic E-state index is 4.61. The van der Waals surface area contributed by atoms with Gasteiger partial charge in [0.15, 0.2) is 0 Å². The zero-order valence-corrected chi connectivity index (χ0v) is 14.1. The number of hydrogen-bond donors (Lipinski definition) is 1. The van der Waals surface area contributed by atoms with Crippen molar-refractivity contribution in [2.75, 3.05) is 20.6 Å². The van der Waals surface area contributed by atoms with Crippen molar-refractivity contribution in [3.8, 4) is 0 Å². The van der Waals surface area contributed by atoms with Crippen molar-refractivity contribution in [2.24, 2.45) is 5.92 Å². The van der Waals surface area contributed by atoms with Gasteiger partial charge in [-0.1, -0.05) is 20.8 Å². The molecule has 0 fully saturated rings. The number of hydrogen-bond acceptors (Lipinski definition) is 3. The quantitative estimate of drug-likeness (QED) is 0.754. The summed E-state index contributed by atoms with van der Waals surface area (Å²) in [6, 6.07) is 2.77. The standard InChI is InChI=1S/C16H32N4/c1-7-14-10-16(20(8-2)18-14)11-17-15(9-13(3)4)12-19(5)6/h10,13,15,17H,7-9,11-12H2,1-6H3. The second-order valence-electron chi connectivity index (χ2n) is 6.27. The van der Waals surface area contributed by atoms with Crippen LogP contribution in [0.3, 0.4) is 0 Å². The van der Waals surface area contributed by atoms with E-state index in [0.29, 0.717) is 6.04 Å². The lowest BCUT2D eigenvalue weighted by molar-refractivity contribution is 0.303. The van der Waals surface area contributed by atoms with Crippen molar-refractivity contribution >= 4 is 0 Å². The van der Waals surface area contributed by atoms with Crippen LogP contribution < -0.4 is 5.32 Å². The SMILES string of the molecule is CCc1cc(CNC(CC(C)C)CN(C)C)n(CC)n1. The summed E-state index contributed by atoms with van der Waals surface area (Å²) in [5, 5.41) is 8.32. The minimum Gasteiger partial charge on any atom is -0.308 e. The van der Waals surface area contributed by atoms with E-state index in [0.717, 1.165) is 32.0 Å². The number of aromatic nitrogens is 2. The Hall–Kier alpha value is -0.870. The Balaban J connectivity index is 2.63. The van der Waals surface area contributed by atoms with E-state index in [1.807, 2.05) is 0 Å². The number of rotatable bonds is 9. The molecule has 0 aliphatic heterocycles. The summed E-state index contributed by atoms with van der Waals surface area (Å²) in [6.45, 7) is 11.8. The Bertz CT molecular complexity index is 372. The fourth-order valence-electron chi connectivity index (χ4n) is 2.58. The lowest BCUT2D eigenvalue weighted by Gasteiger charge is -2.24. The molecule has 4 heteroatoms. The molecule has 1 atom stereocenters. The molecule has 0 saturated carbocycles. The molecule has 1 N–H and O–H groups in total. The Labute approximate surface area is 124 Å². The molecule has 1 aromatic rings. The molecule has 0 aliphatic rings. The van der Waals surface area contributed by atoms with E-state index in [1.165, 1.54) is 17.8 Å². The fourth-order valence-corrected chi connectivity index (χ4v) is 2.58. The fraction of sp³-hybridized carbons (Fsp3) is 0.812. The Kier molecular flexibility index (Phi) is 7.24. The molecular formula is C16H32N4. The zero-order valence-electron chi connectivity index (χ0n) is 14.1. The van der Waals surface area contributed by atoms with Gasteiger partial charge in [0.2, 0.25) is 0 Å². The minimum atomic E-state index is 0.537. The molecule has 0 aliphatic carbocycles. The number of likely N-dealkylation sites (N-methyl/N-ethyl adjacent to an activating group) is 1. The summed E-state index contributed by atoms with van der Waals surface area (Å²) in [5.41, 5.74) is 2.49. The third-order valence-electron chi connectivity index (χ3n) is 3.49. The molecule has 1 heterocycles.